The maximum Gasteiger partial charge on any atom is 0.162 e. The monoisotopic (exact) mass is 255 g/mol. The molecular weight excluding hydrogens is 242 g/mol. The highest BCUT2D eigenvalue weighted by Gasteiger charge is 2.32. The van der Waals surface area contributed by atoms with Crippen molar-refractivity contribution >= 4 is 17.4 Å². The van der Waals surface area contributed by atoms with E-state index in [-0.39, 0.29) is 0 Å². The van der Waals surface area contributed by atoms with Gasteiger partial charge in [0.15, 0.2) is 6.73 Å². The number of hydrogen-bond donors (Lipinski definition) is 0. The van der Waals surface area contributed by atoms with Crippen molar-refractivity contribution in [3.63, 3.8) is 0 Å². The Morgan fingerprint density at radius 1 is 1.06 bits per heavy atom. The number of anilines is 1. The molecule has 1 atom stereocenters. The van der Waals surface area contributed by atoms with Crippen molar-refractivity contribution in [2.75, 3.05) is 11.6 Å². The second-order valence-corrected chi connectivity index (χ2v) is 5.81. The number of fused-ring (bicyclic) bond motifs is 2. The molecule has 2 aromatic rings. The van der Waals surface area contributed by atoms with Crippen LogP contribution < -0.4 is 9.64 Å². The van der Waals surface area contributed by atoms with Gasteiger partial charge >= 0.3 is 0 Å². The van der Waals surface area contributed by atoms with Crippen molar-refractivity contribution in [3.8, 4) is 5.75 Å². The van der Waals surface area contributed by atoms with Gasteiger partial charge in [0.05, 0.1) is 11.1 Å². The van der Waals surface area contributed by atoms with Crippen molar-refractivity contribution < 1.29 is 4.74 Å². The maximum atomic E-state index is 5.73. The van der Waals surface area contributed by atoms with Crippen LogP contribution in [0.2, 0.25) is 0 Å². The molecule has 0 spiro atoms. The number of thioether (sulfide) groups is 1. The summed E-state index contributed by atoms with van der Waals surface area (Å²) in [5.74, 6) is 1.01. The molecule has 0 saturated heterocycles. The highest BCUT2D eigenvalue weighted by atomic mass is 32.2. The number of hydrogen-bond acceptors (Lipinski definition) is 3. The third-order valence-corrected chi connectivity index (χ3v) is 4.86. The number of para-hydroxylation sites is 2. The lowest BCUT2D eigenvalue weighted by molar-refractivity contribution is 0.344. The second kappa shape index (κ2) is 3.95. The first-order valence-electron chi connectivity index (χ1n) is 6.15. The molecule has 3 heteroatoms. The predicted molar refractivity (Wildman–Crippen MR) is 74.2 cm³/mol. The van der Waals surface area contributed by atoms with Crippen molar-refractivity contribution in [1.82, 2.24) is 0 Å². The number of rotatable bonds is 1. The first kappa shape index (κ1) is 10.3. The van der Waals surface area contributed by atoms with Gasteiger partial charge in [-0.1, -0.05) is 30.3 Å². The van der Waals surface area contributed by atoms with Gasteiger partial charge in [-0.3, -0.25) is 0 Å². The lowest BCUT2D eigenvalue weighted by Gasteiger charge is -2.23. The second-order valence-electron chi connectivity index (χ2n) is 4.60. The van der Waals surface area contributed by atoms with Crippen LogP contribution in [0.4, 0.5) is 5.69 Å². The van der Waals surface area contributed by atoms with E-state index in [1.165, 1.54) is 16.1 Å². The normalized spacial score (nSPS) is 20.4. The lowest BCUT2D eigenvalue weighted by Crippen LogP contribution is -2.31. The number of ether oxygens (including phenoxy) is 1. The van der Waals surface area contributed by atoms with E-state index in [2.05, 4.69) is 41.3 Å². The van der Waals surface area contributed by atoms with Crippen LogP contribution in [0.5, 0.6) is 5.75 Å². The highest BCUT2D eigenvalue weighted by Crippen LogP contribution is 2.44. The molecule has 2 heterocycles. The zero-order chi connectivity index (χ0) is 11.9. The Hall–Kier alpha value is -1.61. The fourth-order valence-corrected chi connectivity index (χ4v) is 3.92. The van der Waals surface area contributed by atoms with Crippen LogP contribution in [-0.2, 0) is 6.42 Å². The Morgan fingerprint density at radius 3 is 2.83 bits per heavy atom. The van der Waals surface area contributed by atoms with Gasteiger partial charge in [0.1, 0.15) is 5.75 Å². The van der Waals surface area contributed by atoms with Gasteiger partial charge in [-0.25, -0.2) is 0 Å². The van der Waals surface area contributed by atoms with E-state index >= 15 is 0 Å². The Morgan fingerprint density at radius 2 is 1.89 bits per heavy atom. The summed E-state index contributed by atoms with van der Waals surface area (Å²) >= 11 is 1.94. The summed E-state index contributed by atoms with van der Waals surface area (Å²) in [5.41, 5.74) is 2.68. The molecule has 0 aliphatic carbocycles. The van der Waals surface area contributed by atoms with Crippen LogP contribution in [0.25, 0.3) is 0 Å². The number of benzene rings is 2. The quantitative estimate of drug-likeness (QED) is 0.773. The summed E-state index contributed by atoms with van der Waals surface area (Å²) in [6, 6.07) is 17.0. The molecule has 1 unspecified atom stereocenters. The van der Waals surface area contributed by atoms with Crippen molar-refractivity contribution in [2.24, 2.45) is 0 Å². The summed E-state index contributed by atoms with van der Waals surface area (Å²) in [6.07, 6.45) is 1.10. The van der Waals surface area contributed by atoms with Crippen LogP contribution in [-0.4, -0.2) is 12.1 Å². The van der Waals surface area contributed by atoms with E-state index in [9.17, 15) is 0 Å². The van der Waals surface area contributed by atoms with Gasteiger partial charge in [-0.15, -0.1) is 11.8 Å². The summed E-state index contributed by atoms with van der Waals surface area (Å²) in [6.45, 7) is 0.672. The van der Waals surface area contributed by atoms with Gasteiger partial charge in [0.2, 0.25) is 0 Å². The Labute approximate surface area is 111 Å². The van der Waals surface area contributed by atoms with Gasteiger partial charge in [0.25, 0.3) is 0 Å². The molecular formula is C15H13NOS. The lowest BCUT2D eigenvalue weighted by atomic mass is 10.1. The highest BCUT2D eigenvalue weighted by molar-refractivity contribution is 8.00. The predicted octanol–water partition coefficient (Wildman–Crippen LogP) is 3.52. The van der Waals surface area contributed by atoms with E-state index in [1.807, 2.05) is 23.9 Å². The molecule has 2 nitrogen and oxygen atoms in total. The van der Waals surface area contributed by atoms with Crippen LogP contribution in [0, 0.1) is 0 Å². The van der Waals surface area contributed by atoms with Gasteiger partial charge in [0, 0.05) is 11.3 Å². The SMILES string of the molecule is c1ccc2c(c1)CC(N1COc3ccccc31)S2. The minimum absolute atomic E-state index is 0.464. The van der Waals surface area contributed by atoms with Crippen LogP contribution in [0.1, 0.15) is 5.56 Å². The van der Waals surface area contributed by atoms with E-state index in [0.29, 0.717) is 12.1 Å². The summed E-state index contributed by atoms with van der Waals surface area (Å²) in [4.78, 5) is 3.77. The third kappa shape index (κ3) is 1.51. The molecule has 0 amide bonds. The molecule has 2 aromatic carbocycles. The maximum absolute atomic E-state index is 5.73. The average molecular weight is 255 g/mol. The molecule has 4 rings (SSSR count). The largest absolute Gasteiger partial charge is 0.471 e. The van der Waals surface area contributed by atoms with Crippen molar-refractivity contribution in [2.45, 2.75) is 16.7 Å². The molecule has 0 saturated carbocycles. The van der Waals surface area contributed by atoms with E-state index in [4.69, 9.17) is 4.74 Å². The Kier molecular flexibility index (Phi) is 2.27. The molecule has 2 aliphatic rings. The first-order chi connectivity index (χ1) is 8.92. The molecule has 18 heavy (non-hydrogen) atoms. The van der Waals surface area contributed by atoms with Crippen molar-refractivity contribution in [3.05, 3.63) is 54.1 Å². The minimum atomic E-state index is 0.464. The number of nitrogens with zero attached hydrogens (tertiary/aromatic N) is 1. The van der Waals surface area contributed by atoms with Crippen LogP contribution in [0.15, 0.2) is 53.4 Å². The van der Waals surface area contributed by atoms with Gasteiger partial charge < -0.3 is 9.64 Å². The average Bonchev–Trinajstić information content (AvgIpc) is 3.02. The van der Waals surface area contributed by atoms with E-state index < -0.39 is 0 Å². The minimum Gasteiger partial charge on any atom is -0.471 e. The van der Waals surface area contributed by atoms with E-state index in [1.54, 1.807) is 0 Å². The molecule has 0 fully saturated rings. The third-order valence-electron chi connectivity index (χ3n) is 3.51. The zero-order valence-corrected chi connectivity index (χ0v) is 10.7. The topological polar surface area (TPSA) is 12.5 Å². The van der Waals surface area contributed by atoms with Crippen LogP contribution >= 0.6 is 11.8 Å². The summed E-state index contributed by atoms with van der Waals surface area (Å²) in [5, 5.41) is 0.464. The fraction of sp³-hybridized carbons (Fsp3) is 0.200. The Bertz CT molecular complexity index is 574. The summed E-state index contributed by atoms with van der Waals surface area (Å²) in [7, 11) is 0. The van der Waals surface area contributed by atoms with Gasteiger partial charge in [-0.2, -0.15) is 0 Å². The fourth-order valence-electron chi connectivity index (χ4n) is 2.60. The molecule has 90 valence electrons. The van der Waals surface area contributed by atoms with Gasteiger partial charge in [-0.05, 0) is 23.8 Å². The molecule has 0 bridgehead atoms. The molecule has 0 radical (unpaired) electrons. The zero-order valence-electron chi connectivity index (χ0n) is 9.87. The molecule has 0 aromatic heterocycles. The van der Waals surface area contributed by atoms with E-state index in [0.717, 1.165) is 12.2 Å². The first-order valence-corrected chi connectivity index (χ1v) is 7.03. The standard InChI is InChI=1S/C15H13NOS/c1-4-8-14-11(5-1)9-15(18-14)16-10-17-13-7-3-2-6-12(13)16/h1-8,15H,9-10H2. The molecule has 0 N–H and O–H groups in total. The van der Waals surface area contributed by atoms with Crippen LogP contribution in [0.3, 0.4) is 0 Å². The molecule has 2 aliphatic heterocycles. The summed E-state index contributed by atoms with van der Waals surface area (Å²) < 4.78 is 5.73. The van der Waals surface area contributed by atoms with Crippen molar-refractivity contribution in [1.29, 1.82) is 0 Å². The Balaban J connectivity index is 1.65. The smallest absolute Gasteiger partial charge is 0.162 e.